The second kappa shape index (κ2) is 9.32. The largest absolute Gasteiger partial charge is 0.497 e. The maximum Gasteiger partial charge on any atom is 0.261 e. The molecule has 8 heteroatoms. The molecule has 0 spiro atoms. The van der Waals surface area contributed by atoms with E-state index < -0.39 is 10.0 Å². The van der Waals surface area contributed by atoms with Crippen LogP contribution in [0.1, 0.15) is 17.3 Å². The monoisotopic (exact) mass is 426 g/mol. The second-order valence-electron chi connectivity index (χ2n) is 6.27. The van der Waals surface area contributed by atoms with Crippen molar-refractivity contribution in [3.05, 3.63) is 78.4 Å². The SMILES string of the molecule is CCOc1ccc(NC(=O)c2ccc(NS(=O)(=O)c3ccc(OC)cc3)cc2)cc1. The summed E-state index contributed by atoms with van der Waals surface area (Å²) in [5, 5.41) is 2.79. The molecule has 2 N–H and O–H groups in total. The van der Waals surface area contributed by atoms with Crippen molar-refractivity contribution in [2.24, 2.45) is 0 Å². The Hall–Kier alpha value is -3.52. The normalized spacial score (nSPS) is 10.9. The van der Waals surface area contributed by atoms with E-state index in [9.17, 15) is 13.2 Å². The molecule has 0 aliphatic carbocycles. The lowest BCUT2D eigenvalue weighted by molar-refractivity contribution is 0.102. The molecule has 3 aromatic carbocycles. The molecule has 0 saturated carbocycles. The smallest absolute Gasteiger partial charge is 0.261 e. The number of carbonyl (C=O) groups excluding carboxylic acids is 1. The Bertz CT molecular complexity index is 1090. The molecule has 0 fully saturated rings. The van der Waals surface area contributed by atoms with Crippen molar-refractivity contribution >= 4 is 27.3 Å². The lowest BCUT2D eigenvalue weighted by atomic mass is 10.2. The highest BCUT2D eigenvalue weighted by atomic mass is 32.2. The predicted octanol–water partition coefficient (Wildman–Crippen LogP) is 4.15. The number of rotatable bonds is 8. The van der Waals surface area contributed by atoms with Gasteiger partial charge in [-0.05, 0) is 79.7 Å². The second-order valence-corrected chi connectivity index (χ2v) is 7.95. The summed E-state index contributed by atoms with van der Waals surface area (Å²) in [7, 11) is -2.24. The van der Waals surface area contributed by atoms with Gasteiger partial charge in [0.1, 0.15) is 11.5 Å². The summed E-state index contributed by atoms with van der Waals surface area (Å²) in [6, 6.07) is 19.3. The summed E-state index contributed by atoms with van der Waals surface area (Å²) in [6.07, 6.45) is 0. The van der Waals surface area contributed by atoms with Gasteiger partial charge in [0.05, 0.1) is 18.6 Å². The Labute approximate surface area is 175 Å². The molecule has 156 valence electrons. The van der Waals surface area contributed by atoms with Crippen LogP contribution in [0.15, 0.2) is 77.7 Å². The van der Waals surface area contributed by atoms with Gasteiger partial charge in [0, 0.05) is 16.9 Å². The van der Waals surface area contributed by atoms with E-state index in [1.54, 1.807) is 48.5 Å². The summed E-state index contributed by atoms with van der Waals surface area (Å²) >= 11 is 0. The quantitative estimate of drug-likeness (QED) is 0.564. The molecule has 7 nitrogen and oxygen atoms in total. The number of carbonyl (C=O) groups is 1. The zero-order valence-corrected chi connectivity index (χ0v) is 17.4. The number of anilines is 2. The van der Waals surface area contributed by atoms with Crippen LogP contribution in [-0.2, 0) is 10.0 Å². The number of nitrogens with one attached hydrogen (secondary N) is 2. The van der Waals surface area contributed by atoms with Crippen molar-refractivity contribution in [1.29, 1.82) is 0 Å². The Morgan fingerprint density at radius 1 is 0.833 bits per heavy atom. The van der Waals surface area contributed by atoms with Crippen molar-refractivity contribution < 1.29 is 22.7 Å². The predicted molar refractivity (Wildman–Crippen MR) is 116 cm³/mol. The van der Waals surface area contributed by atoms with E-state index in [-0.39, 0.29) is 10.8 Å². The summed E-state index contributed by atoms with van der Waals surface area (Å²) in [5.74, 6) is 0.990. The van der Waals surface area contributed by atoms with Gasteiger partial charge in [0.15, 0.2) is 0 Å². The van der Waals surface area contributed by atoms with Crippen molar-refractivity contribution in [2.75, 3.05) is 23.8 Å². The van der Waals surface area contributed by atoms with E-state index >= 15 is 0 Å². The van der Waals surface area contributed by atoms with Crippen molar-refractivity contribution in [2.45, 2.75) is 11.8 Å². The van der Waals surface area contributed by atoms with Crippen LogP contribution in [0.3, 0.4) is 0 Å². The van der Waals surface area contributed by atoms with E-state index in [1.165, 1.54) is 31.4 Å². The van der Waals surface area contributed by atoms with Crippen LogP contribution in [0.4, 0.5) is 11.4 Å². The fourth-order valence-electron chi connectivity index (χ4n) is 2.66. The molecule has 3 aromatic rings. The highest BCUT2D eigenvalue weighted by molar-refractivity contribution is 7.92. The summed E-state index contributed by atoms with van der Waals surface area (Å²) in [5.41, 5.74) is 1.38. The van der Waals surface area contributed by atoms with E-state index in [0.29, 0.717) is 29.3 Å². The fraction of sp³-hybridized carbons (Fsp3) is 0.136. The Balaban J connectivity index is 1.65. The number of hydrogen-bond acceptors (Lipinski definition) is 5. The molecule has 0 radical (unpaired) electrons. The van der Waals surface area contributed by atoms with Crippen LogP contribution in [0.2, 0.25) is 0 Å². The van der Waals surface area contributed by atoms with Crippen molar-refractivity contribution in [3.8, 4) is 11.5 Å². The highest BCUT2D eigenvalue weighted by Crippen LogP contribution is 2.20. The van der Waals surface area contributed by atoms with Crippen molar-refractivity contribution in [3.63, 3.8) is 0 Å². The van der Waals surface area contributed by atoms with Crippen LogP contribution in [0, 0.1) is 0 Å². The average Bonchev–Trinajstić information content (AvgIpc) is 2.75. The molecular formula is C22H22N2O5S. The molecule has 0 bridgehead atoms. The summed E-state index contributed by atoms with van der Waals surface area (Å²) in [6.45, 7) is 2.47. The maximum absolute atomic E-state index is 12.5. The van der Waals surface area contributed by atoms with Gasteiger partial charge >= 0.3 is 0 Å². The molecular weight excluding hydrogens is 404 g/mol. The summed E-state index contributed by atoms with van der Waals surface area (Å²) in [4.78, 5) is 12.5. The average molecular weight is 426 g/mol. The third-order valence-corrected chi connectivity index (χ3v) is 5.59. The third kappa shape index (κ3) is 5.30. The van der Waals surface area contributed by atoms with Gasteiger partial charge in [-0.1, -0.05) is 0 Å². The van der Waals surface area contributed by atoms with Crippen LogP contribution in [0.25, 0.3) is 0 Å². The van der Waals surface area contributed by atoms with E-state index in [4.69, 9.17) is 9.47 Å². The fourth-order valence-corrected chi connectivity index (χ4v) is 3.72. The summed E-state index contributed by atoms with van der Waals surface area (Å²) < 4.78 is 37.9. The minimum Gasteiger partial charge on any atom is -0.497 e. The lowest BCUT2D eigenvalue weighted by Gasteiger charge is -2.10. The highest BCUT2D eigenvalue weighted by Gasteiger charge is 2.15. The molecule has 0 aromatic heterocycles. The van der Waals surface area contributed by atoms with Gasteiger partial charge in [-0.15, -0.1) is 0 Å². The van der Waals surface area contributed by atoms with Crippen LogP contribution >= 0.6 is 0 Å². The molecule has 3 rings (SSSR count). The number of sulfonamides is 1. The van der Waals surface area contributed by atoms with Gasteiger partial charge in [0.2, 0.25) is 0 Å². The number of methoxy groups -OCH3 is 1. The molecule has 30 heavy (non-hydrogen) atoms. The standard InChI is InChI=1S/C22H22N2O5S/c1-3-29-20-10-8-17(9-11-20)23-22(25)16-4-6-18(7-5-16)24-30(26,27)21-14-12-19(28-2)13-15-21/h4-15,24H,3H2,1-2H3,(H,23,25). The molecule has 0 aliphatic heterocycles. The first-order chi connectivity index (χ1) is 14.4. The zero-order valence-electron chi connectivity index (χ0n) is 16.6. The number of benzene rings is 3. The Morgan fingerprint density at radius 2 is 1.40 bits per heavy atom. The number of hydrogen-bond donors (Lipinski definition) is 2. The topological polar surface area (TPSA) is 93.7 Å². The minimum absolute atomic E-state index is 0.112. The molecule has 0 atom stereocenters. The number of amides is 1. The van der Waals surface area contributed by atoms with Gasteiger partial charge in [-0.2, -0.15) is 0 Å². The first kappa shape index (κ1) is 21.2. The molecule has 0 heterocycles. The van der Waals surface area contributed by atoms with Gasteiger partial charge in [0.25, 0.3) is 15.9 Å². The molecule has 0 saturated heterocycles. The molecule has 1 amide bonds. The van der Waals surface area contributed by atoms with Crippen LogP contribution < -0.4 is 19.5 Å². The Kier molecular flexibility index (Phi) is 6.58. The van der Waals surface area contributed by atoms with Crippen LogP contribution in [-0.4, -0.2) is 28.0 Å². The first-order valence-electron chi connectivity index (χ1n) is 9.22. The van der Waals surface area contributed by atoms with E-state index in [0.717, 1.165) is 5.75 Å². The maximum atomic E-state index is 12.5. The molecule has 0 aliphatic rings. The third-order valence-electron chi connectivity index (χ3n) is 4.19. The lowest BCUT2D eigenvalue weighted by Crippen LogP contribution is -2.14. The zero-order chi connectivity index (χ0) is 21.6. The van der Waals surface area contributed by atoms with Gasteiger partial charge in [-0.25, -0.2) is 8.42 Å². The first-order valence-corrected chi connectivity index (χ1v) is 10.7. The number of ether oxygens (including phenoxy) is 2. The minimum atomic E-state index is -3.75. The van der Waals surface area contributed by atoms with E-state index in [2.05, 4.69) is 10.0 Å². The van der Waals surface area contributed by atoms with E-state index in [1.807, 2.05) is 6.92 Å². The Morgan fingerprint density at radius 3 is 1.97 bits per heavy atom. The molecule has 0 unspecified atom stereocenters. The van der Waals surface area contributed by atoms with Crippen molar-refractivity contribution in [1.82, 2.24) is 0 Å². The van der Waals surface area contributed by atoms with Gasteiger partial charge in [-0.3, -0.25) is 9.52 Å². The van der Waals surface area contributed by atoms with Crippen LogP contribution in [0.5, 0.6) is 11.5 Å². The van der Waals surface area contributed by atoms with Gasteiger partial charge < -0.3 is 14.8 Å².